The molecule has 0 atom stereocenters. The summed E-state index contributed by atoms with van der Waals surface area (Å²) in [5, 5.41) is 1.89. The molecule has 1 aromatic heterocycles. The quantitative estimate of drug-likeness (QED) is 0.848. The highest BCUT2D eigenvalue weighted by atomic mass is 32.1. The van der Waals surface area contributed by atoms with E-state index in [1.54, 1.807) is 0 Å². The lowest BCUT2D eigenvalue weighted by molar-refractivity contribution is 0.0715. The average molecular weight is 292 g/mol. The van der Waals surface area contributed by atoms with Crippen molar-refractivity contribution in [1.29, 1.82) is 0 Å². The normalized spacial score (nSPS) is 10.6. The largest absolute Gasteiger partial charge is 0.338 e. The van der Waals surface area contributed by atoms with Crippen LogP contribution in [0.15, 0.2) is 11.4 Å². The van der Waals surface area contributed by atoms with E-state index >= 15 is 0 Å². The van der Waals surface area contributed by atoms with Gasteiger partial charge >= 0.3 is 0 Å². The molecule has 110 valence electrons. The number of rotatable bonds is 5. The maximum Gasteiger partial charge on any atom is 0.254 e. The highest BCUT2D eigenvalue weighted by Gasteiger charge is 2.19. The SMILES string of the molecule is CC(C)CN(CC(C)C)C(=O)c1csc(C#CCN)c1. The second kappa shape index (κ2) is 8.08. The third-order valence-corrected chi connectivity index (χ3v) is 3.46. The molecule has 1 amide bonds. The van der Waals surface area contributed by atoms with Crippen LogP contribution in [-0.2, 0) is 0 Å². The fourth-order valence-corrected chi connectivity index (χ4v) is 2.71. The first kappa shape index (κ1) is 16.7. The zero-order valence-corrected chi connectivity index (χ0v) is 13.6. The van der Waals surface area contributed by atoms with Crippen LogP contribution in [0.3, 0.4) is 0 Å². The van der Waals surface area contributed by atoms with Crippen molar-refractivity contribution in [2.24, 2.45) is 17.6 Å². The Bertz CT molecular complexity index is 484. The number of thiophene rings is 1. The highest BCUT2D eigenvalue weighted by Crippen LogP contribution is 2.17. The minimum Gasteiger partial charge on any atom is -0.338 e. The summed E-state index contributed by atoms with van der Waals surface area (Å²) in [5.74, 6) is 6.82. The molecule has 0 radical (unpaired) electrons. The van der Waals surface area contributed by atoms with Crippen LogP contribution in [0.2, 0.25) is 0 Å². The monoisotopic (exact) mass is 292 g/mol. The zero-order valence-electron chi connectivity index (χ0n) is 12.8. The van der Waals surface area contributed by atoms with Gasteiger partial charge in [-0.3, -0.25) is 4.79 Å². The molecule has 1 heterocycles. The number of nitrogens with two attached hydrogens (primary N) is 1. The molecule has 4 heteroatoms. The third kappa shape index (κ3) is 5.36. The number of carbonyl (C=O) groups excluding carboxylic acids is 1. The van der Waals surface area contributed by atoms with Crippen molar-refractivity contribution in [1.82, 2.24) is 4.90 Å². The van der Waals surface area contributed by atoms with Gasteiger partial charge in [-0.25, -0.2) is 0 Å². The van der Waals surface area contributed by atoms with Gasteiger partial charge in [0.15, 0.2) is 0 Å². The Morgan fingerprint density at radius 3 is 2.40 bits per heavy atom. The van der Waals surface area contributed by atoms with Crippen LogP contribution >= 0.6 is 11.3 Å². The van der Waals surface area contributed by atoms with Crippen LogP contribution < -0.4 is 5.73 Å². The van der Waals surface area contributed by atoms with Gasteiger partial charge in [0.25, 0.3) is 5.91 Å². The van der Waals surface area contributed by atoms with Crippen LogP contribution in [0.1, 0.15) is 42.9 Å². The van der Waals surface area contributed by atoms with E-state index in [2.05, 4.69) is 39.5 Å². The summed E-state index contributed by atoms with van der Waals surface area (Å²) in [5.41, 5.74) is 6.09. The predicted molar refractivity (Wildman–Crippen MR) is 85.8 cm³/mol. The molecule has 1 rings (SSSR count). The topological polar surface area (TPSA) is 46.3 Å². The van der Waals surface area contributed by atoms with Crippen molar-refractivity contribution >= 4 is 17.2 Å². The highest BCUT2D eigenvalue weighted by molar-refractivity contribution is 7.10. The number of carbonyl (C=O) groups is 1. The van der Waals surface area contributed by atoms with Gasteiger partial charge in [0.2, 0.25) is 0 Å². The van der Waals surface area contributed by atoms with Gasteiger partial charge in [-0.1, -0.05) is 39.5 Å². The molecule has 1 aromatic rings. The summed E-state index contributed by atoms with van der Waals surface area (Å²) in [7, 11) is 0. The van der Waals surface area contributed by atoms with Crippen molar-refractivity contribution in [3.05, 3.63) is 21.9 Å². The fraction of sp³-hybridized carbons (Fsp3) is 0.562. The Morgan fingerprint density at radius 2 is 1.90 bits per heavy atom. The summed E-state index contributed by atoms with van der Waals surface area (Å²) < 4.78 is 0. The molecule has 20 heavy (non-hydrogen) atoms. The van der Waals surface area contributed by atoms with Gasteiger partial charge in [0, 0.05) is 18.5 Å². The standard InChI is InChI=1S/C16H24N2OS/c1-12(2)9-18(10-13(3)4)16(19)14-8-15(20-11-14)6-5-7-17/h8,11-13H,7,9-10,17H2,1-4H3. The summed E-state index contributed by atoms with van der Waals surface area (Å²) >= 11 is 1.50. The molecule has 0 aliphatic heterocycles. The first-order chi connectivity index (χ1) is 9.43. The maximum absolute atomic E-state index is 12.6. The van der Waals surface area contributed by atoms with E-state index in [4.69, 9.17) is 5.73 Å². The second-order valence-electron chi connectivity index (χ2n) is 5.70. The second-order valence-corrected chi connectivity index (χ2v) is 6.61. The van der Waals surface area contributed by atoms with Crippen LogP contribution in [0, 0.1) is 23.7 Å². The van der Waals surface area contributed by atoms with Gasteiger partial charge in [-0.2, -0.15) is 0 Å². The predicted octanol–water partition coefficient (Wildman–Crippen LogP) is 2.81. The fourth-order valence-electron chi connectivity index (χ4n) is 1.96. The molecular formula is C16H24N2OS. The molecule has 0 saturated carbocycles. The molecule has 2 N–H and O–H groups in total. The van der Waals surface area contributed by atoms with Crippen molar-refractivity contribution in [3.63, 3.8) is 0 Å². The van der Waals surface area contributed by atoms with Crippen molar-refractivity contribution < 1.29 is 4.79 Å². The molecule has 0 aliphatic rings. The van der Waals surface area contributed by atoms with Crippen LogP contribution in [0.4, 0.5) is 0 Å². The first-order valence-electron chi connectivity index (χ1n) is 7.00. The van der Waals surface area contributed by atoms with Gasteiger partial charge < -0.3 is 10.6 Å². The number of amides is 1. The molecule has 0 fully saturated rings. The van der Waals surface area contributed by atoms with Crippen LogP contribution in [-0.4, -0.2) is 30.4 Å². The number of hydrogen-bond acceptors (Lipinski definition) is 3. The van der Waals surface area contributed by atoms with Crippen molar-refractivity contribution in [3.8, 4) is 11.8 Å². The summed E-state index contributed by atoms with van der Waals surface area (Å²) in [6.45, 7) is 10.4. The summed E-state index contributed by atoms with van der Waals surface area (Å²) in [6, 6.07) is 1.86. The summed E-state index contributed by atoms with van der Waals surface area (Å²) in [6.07, 6.45) is 0. The van der Waals surface area contributed by atoms with Gasteiger partial charge in [-0.15, -0.1) is 11.3 Å². The Labute approximate surface area is 126 Å². The van der Waals surface area contributed by atoms with E-state index in [0.717, 1.165) is 23.5 Å². The van der Waals surface area contributed by atoms with E-state index in [0.29, 0.717) is 18.4 Å². The lowest BCUT2D eigenvalue weighted by atomic mass is 10.1. The first-order valence-corrected chi connectivity index (χ1v) is 7.88. The van der Waals surface area contributed by atoms with Crippen LogP contribution in [0.25, 0.3) is 0 Å². The number of nitrogens with zero attached hydrogens (tertiary/aromatic N) is 1. The lowest BCUT2D eigenvalue weighted by Gasteiger charge is -2.26. The summed E-state index contributed by atoms with van der Waals surface area (Å²) in [4.78, 5) is 15.4. The van der Waals surface area contributed by atoms with E-state index < -0.39 is 0 Å². The zero-order chi connectivity index (χ0) is 15.1. The van der Waals surface area contributed by atoms with E-state index in [-0.39, 0.29) is 5.91 Å². The molecular weight excluding hydrogens is 268 g/mol. The minimum absolute atomic E-state index is 0.101. The Kier molecular flexibility index (Phi) is 6.77. The van der Waals surface area contributed by atoms with Gasteiger partial charge in [0.05, 0.1) is 17.0 Å². The van der Waals surface area contributed by atoms with Crippen LogP contribution in [0.5, 0.6) is 0 Å². The van der Waals surface area contributed by atoms with Crippen molar-refractivity contribution in [2.45, 2.75) is 27.7 Å². The van der Waals surface area contributed by atoms with E-state index in [1.807, 2.05) is 16.3 Å². The molecule has 0 aliphatic carbocycles. The van der Waals surface area contributed by atoms with Gasteiger partial charge in [0.1, 0.15) is 0 Å². The Hall–Kier alpha value is -1.31. The number of hydrogen-bond donors (Lipinski definition) is 1. The lowest BCUT2D eigenvalue weighted by Crippen LogP contribution is -2.36. The molecule has 0 saturated heterocycles. The maximum atomic E-state index is 12.6. The molecule has 0 spiro atoms. The van der Waals surface area contributed by atoms with E-state index in [1.165, 1.54) is 11.3 Å². The Morgan fingerprint density at radius 1 is 1.30 bits per heavy atom. The Balaban J connectivity index is 2.85. The molecule has 0 bridgehead atoms. The molecule has 0 aromatic carbocycles. The van der Waals surface area contributed by atoms with E-state index in [9.17, 15) is 4.79 Å². The third-order valence-electron chi connectivity index (χ3n) is 2.62. The van der Waals surface area contributed by atoms with Crippen molar-refractivity contribution in [2.75, 3.05) is 19.6 Å². The molecule has 3 nitrogen and oxygen atoms in total. The van der Waals surface area contributed by atoms with Gasteiger partial charge in [-0.05, 0) is 17.9 Å². The minimum atomic E-state index is 0.101. The smallest absolute Gasteiger partial charge is 0.254 e. The molecule has 0 unspecified atom stereocenters. The average Bonchev–Trinajstić information content (AvgIpc) is 2.82.